The van der Waals surface area contributed by atoms with E-state index in [0.717, 1.165) is 11.0 Å². The first-order valence-electron chi connectivity index (χ1n) is 7.81. The Labute approximate surface area is 139 Å². The van der Waals surface area contributed by atoms with Crippen molar-refractivity contribution in [2.75, 3.05) is 0 Å². The van der Waals surface area contributed by atoms with Crippen LogP contribution in [0.4, 0.5) is 9.18 Å². The summed E-state index contributed by atoms with van der Waals surface area (Å²) < 4.78 is 19.2. The number of furan rings is 1. The number of urea groups is 1. The molecule has 2 N–H and O–H groups in total. The highest BCUT2D eigenvalue weighted by Crippen LogP contribution is 2.23. The highest BCUT2D eigenvalue weighted by Gasteiger charge is 2.14. The van der Waals surface area contributed by atoms with E-state index in [1.165, 1.54) is 6.07 Å². The van der Waals surface area contributed by atoms with Crippen LogP contribution in [0.2, 0.25) is 0 Å². The maximum Gasteiger partial charge on any atom is 0.315 e. The summed E-state index contributed by atoms with van der Waals surface area (Å²) in [5.41, 5.74) is 2.09. The molecule has 2 aromatic carbocycles. The van der Waals surface area contributed by atoms with E-state index in [9.17, 15) is 9.18 Å². The van der Waals surface area contributed by atoms with Crippen LogP contribution in [-0.4, -0.2) is 6.03 Å². The second-order valence-corrected chi connectivity index (χ2v) is 5.82. The van der Waals surface area contributed by atoms with Gasteiger partial charge in [-0.25, -0.2) is 9.18 Å². The molecule has 3 rings (SSSR count). The highest BCUT2D eigenvalue weighted by molar-refractivity contribution is 5.78. The molecule has 0 fully saturated rings. The van der Waals surface area contributed by atoms with E-state index in [-0.39, 0.29) is 24.4 Å². The maximum absolute atomic E-state index is 13.5. The minimum absolute atomic E-state index is 0.260. The van der Waals surface area contributed by atoms with Crippen LogP contribution in [0.25, 0.3) is 11.0 Å². The summed E-state index contributed by atoms with van der Waals surface area (Å²) in [5, 5.41) is 6.53. The van der Waals surface area contributed by atoms with Crippen LogP contribution in [0.15, 0.2) is 52.9 Å². The van der Waals surface area contributed by atoms with E-state index in [4.69, 9.17) is 4.42 Å². The molecule has 3 aromatic rings. The molecule has 4 nitrogen and oxygen atoms in total. The van der Waals surface area contributed by atoms with Crippen LogP contribution in [0.1, 0.15) is 29.9 Å². The van der Waals surface area contributed by atoms with E-state index < -0.39 is 0 Å². The predicted molar refractivity (Wildman–Crippen MR) is 91.1 cm³/mol. The van der Waals surface area contributed by atoms with Crippen molar-refractivity contribution in [1.29, 1.82) is 0 Å². The molecule has 0 aliphatic carbocycles. The van der Waals surface area contributed by atoms with Gasteiger partial charge in [-0.1, -0.05) is 30.3 Å². The number of carbonyl (C=O) groups is 1. The molecule has 1 aromatic heterocycles. The van der Waals surface area contributed by atoms with Gasteiger partial charge in [0.2, 0.25) is 0 Å². The Kier molecular flexibility index (Phi) is 4.51. The van der Waals surface area contributed by atoms with Gasteiger partial charge in [-0.05, 0) is 43.2 Å². The molecule has 2 amide bonds. The first-order valence-corrected chi connectivity index (χ1v) is 7.81. The number of fused-ring (bicyclic) bond motifs is 1. The van der Waals surface area contributed by atoms with E-state index >= 15 is 0 Å². The third kappa shape index (κ3) is 3.56. The topological polar surface area (TPSA) is 54.3 Å². The quantitative estimate of drug-likeness (QED) is 0.744. The van der Waals surface area contributed by atoms with Gasteiger partial charge < -0.3 is 15.1 Å². The monoisotopic (exact) mass is 326 g/mol. The van der Waals surface area contributed by atoms with Gasteiger partial charge in [-0.15, -0.1) is 0 Å². The van der Waals surface area contributed by atoms with Gasteiger partial charge in [-0.3, -0.25) is 0 Å². The van der Waals surface area contributed by atoms with E-state index in [1.807, 2.05) is 37.3 Å². The smallest absolute Gasteiger partial charge is 0.315 e. The minimum atomic E-state index is -0.330. The average Bonchev–Trinajstić information content (AvgIpc) is 3.00. The molecule has 24 heavy (non-hydrogen) atoms. The van der Waals surface area contributed by atoms with Gasteiger partial charge in [-0.2, -0.15) is 0 Å². The van der Waals surface area contributed by atoms with Crippen molar-refractivity contribution >= 4 is 17.0 Å². The average molecular weight is 326 g/mol. The molecule has 0 spiro atoms. The minimum Gasteiger partial charge on any atom is -0.459 e. The number of hydrogen-bond donors (Lipinski definition) is 2. The fourth-order valence-electron chi connectivity index (χ4n) is 2.46. The Balaban J connectivity index is 1.58. The van der Waals surface area contributed by atoms with E-state index in [2.05, 4.69) is 10.6 Å². The summed E-state index contributed by atoms with van der Waals surface area (Å²) in [6, 6.07) is 13.9. The van der Waals surface area contributed by atoms with Crippen LogP contribution >= 0.6 is 0 Å². The Morgan fingerprint density at radius 2 is 2.00 bits per heavy atom. The second kappa shape index (κ2) is 6.74. The lowest BCUT2D eigenvalue weighted by Crippen LogP contribution is -2.36. The van der Waals surface area contributed by atoms with Gasteiger partial charge in [0.25, 0.3) is 0 Å². The Hall–Kier alpha value is -2.82. The van der Waals surface area contributed by atoms with Crippen molar-refractivity contribution in [1.82, 2.24) is 10.6 Å². The number of benzene rings is 2. The number of halogens is 1. The molecular weight excluding hydrogens is 307 g/mol. The van der Waals surface area contributed by atoms with Gasteiger partial charge in [0, 0.05) is 11.9 Å². The van der Waals surface area contributed by atoms with E-state index in [0.29, 0.717) is 16.9 Å². The number of rotatable bonds is 4. The molecule has 0 radical (unpaired) electrons. The SMILES string of the molecule is Cc1ccc(CNC(=O)NC(C)c2cc3ccccc3o2)cc1F. The molecular formula is C19H19FN2O2. The largest absolute Gasteiger partial charge is 0.459 e. The summed E-state index contributed by atoms with van der Waals surface area (Å²) in [6.07, 6.45) is 0. The van der Waals surface area contributed by atoms with Crippen molar-refractivity contribution in [3.8, 4) is 0 Å². The molecule has 0 aliphatic rings. The molecule has 1 unspecified atom stereocenters. The molecule has 1 atom stereocenters. The van der Waals surface area contributed by atoms with Crippen LogP contribution < -0.4 is 10.6 Å². The molecule has 0 saturated carbocycles. The first kappa shape index (κ1) is 16.1. The fraction of sp³-hybridized carbons (Fsp3) is 0.211. The van der Waals surface area contributed by atoms with Gasteiger partial charge >= 0.3 is 6.03 Å². The van der Waals surface area contributed by atoms with Crippen molar-refractivity contribution in [2.24, 2.45) is 0 Å². The lowest BCUT2D eigenvalue weighted by Gasteiger charge is -2.12. The van der Waals surface area contributed by atoms with Crippen molar-refractivity contribution in [3.63, 3.8) is 0 Å². The summed E-state index contributed by atoms with van der Waals surface area (Å²) in [7, 11) is 0. The standard InChI is InChI=1S/C19H19FN2O2/c1-12-7-8-14(9-16(12)20)11-21-19(23)22-13(2)18-10-15-5-3-4-6-17(15)24-18/h3-10,13H,11H2,1-2H3,(H2,21,22,23). The zero-order valence-electron chi connectivity index (χ0n) is 13.6. The number of amides is 2. The third-order valence-corrected chi connectivity index (χ3v) is 3.91. The number of hydrogen-bond acceptors (Lipinski definition) is 2. The predicted octanol–water partition coefficient (Wildman–Crippen LogP) is 4.44. The van der Waals surface area contributed by atoms with Crippen LogP contribution in [0, 0.1) is 12.7 Å². The van der Waals surface area contributed by atoms with Crippen LogP contribution in [0.3, 0.4) is 0 Å². The normalized spacial score (nSPS) is 12.1. The van der Waals surface area contributed by atoms with Gasteiger partial charge in [0.15, 0.2) is 0 Å². The Bertz CT molecular complexity index is 840. The zero-order chi connectivity index (χ0) is 17.1. The maximum atomic E-state index is 13.5. The Morgan fingerprint density at radius 1 is 1.21 bits per heavy atom. The van der Waals surface area contributed by atoms with Crippen LogP contribution in [-0.2, 0) is 6.54 Å². The van der Waals surface area contributed by atoms with E-state index in [1.54, 1.807) is 19.1 Å². The molecule has 5 heteroatoms. The summed E-state index contributed by atoms with van der Waals surface area (Å²) in [6.45, 7) is 3.81. The van der Waals surface area contributed by atoms with Crippen molar-refractivity contribution in [3.05, 3.63) is 71.2 Å². The number of para-hydroxylation sites is 1. The molecule has 0 aliphatic heterocycles. The van der Waals surface area contributed by atoms with Gasteiger partial charge in [0.05, 0.1) is 6.04 Å². The summed E-state index contributed by atoms with van der Waals surface area (Å²) in [4.78, 5) is 12.0. The molecule has 0 bridgehead atoms. The molecule has 0 saturated heterocycles. The van der Waals surface area contributed by atoms with Crippen molar-refractivity contribution in [2.45, 2.75) is 26.4 Å². The second-order valence-electron chi connectivity index (χ2n) is 5.82. The number of carbonyl (C=O) groups excluding carboxylic acids is 1. The highest BCUT2D eigenvalue weighted by atomic mass is 19.1. The third-order valence-electron chi connectivity index (χ3n) is 3.91. The Morgan fingerprint density at radius 3 is 2.75 bits per heavy atom. The first-order chi connectivity index (χ1) is 11.5. The molecule has 124 valence electrons. The van der Waals surface area contributed by atoms with Gasteiger partial charge in [0.1, 0.15) is 17.2 Å². The zero-order valence-corrected chi connectivity index (χ0v) is 13.6. The van der Waals surface area contributed by atoms with Crippen LogP contribution in [0.5, 0.6) is 0 Å². The lowest BCUT2D eigenvalue weighted by molar-refractivity contribution is 0.236. The number of aryl methyl sites for hydroxylation is 1. The number of nitrogens with one attached hydrogen (secondary N) is 2. The van der Waals surface area contributed by atoms with Crippen molar-refractivity contribution < 1.29 is 13.6 Å². The summed E-state index contributed by atoms with van der Waals surface area (Å²) >= 11 is 0. The fourth-order valence-corrected chi connectivity index (χ4v) is 2.46. The summed E-state index contributed by atoms with van der Waals surface area (Å²) in [5.74, 6) is 0.415. The molecule has 1 heterocycles. The lowest BCUT2D eigenvalue weighted by atomic mass is 10.1.